The summed E-state index contributed by atoms with van der Waals surface area (Å²) in [7, 11) is 4.23. The molecule has 0 N–H and O–H groups in total. The number of benzene rings is 2. The van der Waals surface area contributed by atoms with E-state index in [9.17, 15) is 5.26 Å². The van der Waals surface area contributed by atoms with Gasteiger partial charge in [0.15, 0.2) is 0 Å². The first kappa shape index (κ1) is 22.6. The summed E-state index contributed by atoms with van der Waals surface area (Å²) in [6, 6.07) is 21.8. The Morgan fingerprint density at radius 1 is 0.818 bits per heavy atom. The molecule has 0 spiro atoms. The summed E-state index contributed by atoms with van der Waals surface area (Å²) in [6.45, 7) is 8.37. The smallest absolute Gasteiger partial charge is 0.101 e. The van der Waals surface area contributed by atoms with Crippen LogP contribution in [0.15, 0.2) is 67.0 Å². The monoisotopic (exact) mass is 437 g/mol. The van der Waals surface area contributed by atoms with Crippen LogP contribution in [-0.4, -0.2) is 47.7 Å². The minimum atomic E-state index is 0.588. The predicted octanol–water partition coefficient (Wildman–Crippen LogP) is 5.56. The lowest BCUT2D eigenvalue weighted by molar-refractivity contribution is 0.313. The van der Waals surface area contributed by atoms with E-state index in [2.05, 4.69) is 81.0 Å². The molecular weight excluding hydrogens is 406 g/mol. The number of pyridine rings is 1. The number of hydrogen-bond donors (Lipinski definition) is 0. The molecule has 2 aromatic carbocycles. The van der Waals surface area contributed by atoms with E-state index in [1.54, 1.807) is 12.4 Å². The summed E-state index contributed by atoms with van der Waals surface area (Å²) < 4.78 is 2.15. The third kappa shape index (κ3) is 4.48. The molecule has 5 heteroatoms. The molecule has 168 valence electrons. The van der Waals surface area contributed by atoms with Crippen molar-refractivity contribution in [3.05, 3.63) is 72.6 Å². The largest absolute Gasteiger partial charge is 0.369 e. The van der Waals surface area contributed by atoms with Crippen molar-refractivity contribution in [2.45, 2.75) is 13.8 Å². The molecule has 0 saturated carbocycles. The molecular formula is C28H31N5. The first-order chi connectivity index (χ1) is 16.1. The minimum Gasteiger partial charge on any atom is -0.369 e. The van der Waals surface area contributed by atoms with E-state index in [-0.39, 0.29) is 0 Å². The van der Waals surface area contributed by atoms with Gasteiger partial charge in [0.25, 0.3) is 0 Å². The van der Waals surface area contributed by atoms with Gasteiger partial charge in [-0.2, -0.15) is 5.26 Å². The van der Waals surface area contributed by atoms with Crippen LogP contribution in [0.5, 0.6) is 0 Å². The van der Waals surface area contributed by atoms with Gasteiger partial charge >= 0.3 is 0 Å². The lowest BCUT2D eigenvalue weighted by Gasteiger charge is -2.34. The number of hydrogen-bond acceptors (Lipinski definition) is 4. The molecule has 1 aliphatic rings. The molecule has 1 fully saturated rings. The number of fused-ring (bicyclic) bond motifs is 1. The second-order valence-electron chi connectivity index (χ2n) is 8.23. The summed E-state index contributed by atoms with van der Waals surface area (Å²) in [5, 5.41) is 11.9. The quantitative estimate of drug-likeness (QED) is 0.421. The summed E-state index contributed by atoms with van der Waals surface area (Å²) >= 11 is 0. The molecule has 3 heterocycles. The molecule has 2 aromatic heterocycles. The number of aromatic nitrogens is 2. The van der Waals surface area contributed by atoms with Gasteiger partial charge in [0.1, 0.15) is 6.07 Å². The van der Waals surface area contributed by atoms with Crippen LogP contribution >= 0.6 is 0 Å². The Bertz CT molecular complexity index is 1290. The third-order valence-electron chi connectivity index (χ3n) is 6.33. The fraction of sp³-hybridized carbons (Fsp3) is 0.286. The van der Waals surface area contributed by atoms with Gasteiger partial charge in [0.05, 0.1) is 5.56 Å². The number of rotatable bonds is 3. The van der Waals surface area contributed by atoms with Crippen molar-refractivity contribution in [1.29, 1.82) is 5.26 Å². The molecule has 0 bridgehead atoms. The normalized spacial score (nSPS) is 14.0. The summed E-state index contributed by atoms with van der Waals surface area (Å²) in [6.07, 6.45) is 3.35. The third-order valence-corrected chi connectivity index (χ3v) is 6.33. The van der Waals surface area contributed by atoms with Crippen LogP contribution < -0.4 is 4.90 Å². The maximum atomic E-state index is 9.44. The SMILES string of the molecule is CC.CN1CCN(c2ccc3cc(-c4ccc(-c5ccncc5C#N)n4C)ccc3c2)CC1. The van der Waals surface area contributed by atoms with Crippen LogP contribution in [0.1, 0.15) is 19.4 Å². The molecule has 5 nitrogen and oxygen atoms in total. The van der Waals surface area contributed by atoms with Gasteiger partial charge < -0.3 is 14.4 Å². The molecule has 5 rings (SSSR count). The maximum Gasteiger partial charge on any atom is 0.101 e. The van der Waals surface area contributed by atoms with E-state index in [1.165, 1.54) is 22.0 Å². The second kappa shape index (κ2) is 9.89. The fourth-order valence-corrected chi connectivity index (χ4v) is 4.43. The number of likely N-dealkylation sites (N-methyl/N-ethyl adjacent to an activating group) is 1. The molecule has 0 unspecified atom stereocenters. The molecule has 0 atom stereocenters. The Hall–Kier alpha value is -3.62. The van der Waals surface area contributed by atoms with Crippen molar-refractivity contribution in [2.75, 3.05) is 38.1 Å². The first-order valence-electron chi connectivity index (χ1n) is 11.6. The Kier molecular flexibility index (Phi) is 6.76. The first-order valence-corrected chi connectivity index (χ1v) is 11.6. The highest BCUT2D eigenvalue weighted by atomic mass is 15.2. The highest BCUT2D eigenvalue weighted by Gasteiger charge is 2.15. The summed E-state index contributed by atoms with van der Waals surface area (Å²) in [5.74, 6) is 0. The van der Waals surface area contributed by atoms with E-state index in [1.807, 2.05) is 27.0 Å². The molecule has 1 saturated heterocycles. The van der Waals surface area contributed by atoms with Gasteiger partial charge in [0.2, 0.25) is 0 Å². The highest BCUT2D eigenvalue weighted by Crippen LogP contribution is 2.32. The van der Waals surface area contributed by atoms with Gasteiger partial charge in [-0.05, 0) is 59.8 Å². The van der Waals surface area contributed by atoms with Crippen molar-refractivity contribution >= 4 is 16.5 Å². The van der Waals surface area contributed by atoms with Crippen molar-refractivity contribution < 1.29 is 0 Å². The Morgan fingerprint density at radius 2 is 1.52 bits per heavy atom. The topological polar surface area (TPSA) is 48.1 Å². The Morgan fingerprint density at radius 3 is 2.27 bits per heavy atom. The zero-order chi connectivity index (χ0) is 23.4. The zero-order valence-electron chi connectivity index (χ0n) is 19.9. The molecule has 33 heavy (non-hydrogen) atoms. The lowest BCUT2D eigenvalue weighted by atomic mass is 10.0. The minimum absolute atomic E-state index is 0.588. The van der Waals surface area contributed by atoms with Gasteiger partial charge in [-0.1, -0.05) is 32.0 Å². The van der Waals surface area contributed by atoms with Crippen molar-refractivity contribution in [3.8, 4) is 28.6 Å². The van der Waals surface area contributed by atoms with Crippen molar-refractivity contribution in [2.24, 2.45) is 7.05 Å². The molecule has 0 radical (unpaired) electrons. The predicted molar refractivity (Wildman–Crippen MR) is 137 cm³/mol. The van der Waals surface area contributed by atoms with Crippen LogP contribution in [0.2, 0.25) is 0 Å². The van der Waals surface area contributed by atoms with E-state index in [0.29, 0.717) is 5.56 Å². The lowest BCUT2D eigenvalue weighted by Crippen LogP contribution is -2.44. The Balaban J connectivity index is 0.00000126. The van der Waals surface area contributed by atoms with Crippen LogP contribution in [0.4, 0.5) is 5.69 Å². The van der Waals surface area contributed by atoms with Crippen LogP contribution in [-0.2, 0) is 7.05 Å². The number of piperazine rings is 1. The molecule has 4 aromatic rings. The van der Waals surface area contributed by atoms with E-state index in [4.69, 9.17) is 0 Å². The zero-order valence-corrected chi connectivity index (χ0v) is 19.9. The standard InChI is InChI=1S/C26H25N5.C2H6/c1-29-11-13-31(14-12-29)23-6-5-19-15-21(4-3-20(19)16-23)25-7-8-26(30(25)2)24-9-10-28-18-22(24)17-27;1-2/h3-10,15-16,18H,11-14H2,1-2H3;1-2H3. The average Bonchev–Trinajstić information content (AvgIpc) is 3.26. The van der Waals surface area contributed by atoms with Crippen LogP contribution in [0.3, 0.4) is 0 Å². The molecule has 0 aliphatic carbocycles. The van der Waals surface area contributed by atoms with Gasteiger partial charge in [0, 0.05) is 68.3 Å². The van der Waals surface area contributed by atoms with E-state index < -0.39 is 0 Å². The van der Waals surface area contributed by atoms with E-state index >= 15 is 0 Å². The summed E-state index contributed by atoms with van der Waals surface area (Å²) in [5.41, 5.74) is 6.10. The van der Waals surface area contributed by atoms with Gasteiger partial charge in [-0.25, -0.2) is 0 Å². The average molecular weight is 438 g/mol. The second-order valence-corrected chi connectivity index (χ2v) is 8.23. The number of nitrogens with zero attached hydrogens (tertiary/aromatic N) is 5. The van der Waals surface area contributed by atoms with E-state index in [0.717, 1.165) is 43.1 Å². The molecule has 1 aliphatic heterocycles. The Labute approximate surface area is 196 Å². The van der Waals surface area contributed by atoms with Crippen molar-refractivity contribution in [3.63, 3.8) is 0 Å². The van der Waals surface area contributed by atoms with Crippen molar-refractivity contribution in [1.82, 2.24) is 14.5 Å². The van der Waals surface area contributed by atoms with Gasteiger partial charge in [-0.3, -0.25) is 4.98 Å². The number of nitriles is 1. The maximum absolute atomic E-state index is 9.44. The fourth-order valence-electron chi connectivity index (χ4n) is 4.43. The van der Waals surface area contributed by atoms with Crippen LogP contribution in [0, 0.1) is 11.3 Å². The van der Waals surface area contributed by atoms with Gasteiger partial charge in [-0.15, -0.1) is 0 Å². The highest BCUT2D eigenvalue weighted by molar-refractivity contribution is 5.90. The van der Waals surface area contributed by atoms with Crippen LogP contribution in [0.25, 0.3) is 33.3 Å². The molecule has 0 amide bonds. The number of anilines is 1. The summed E-state index contributed by atoms with van der Waals surface area (Å²) in [4.78, 5) is 8.93.